The highest BCUT2D eigenvalue weighted by molar-refractivity contribution is 5.94. The molecule has 7 heteroatoms. The zero-order chi connectivity index (χ0) is 20.6. The monoisotopic (exact) mass is 381 g/mol. The average molecular weight is 382 g/mol. The van der Waals surface area contributed by atoms with Crippen molar-refractivity contribution in [1.29, 1.82) is 0 Å². The van der Waals surface area contributed by atoms with Crippen LogP contribution >= 0.6 is 0 Å². The highest BCUT2D eigenvalue weighted by Gasteiger charge is 2.36. The summed E-state index contributed by atoms with van der Waals surface area (Å²) in [6.07, 6.45) is 3.30. The zero-order valence-electron chi connectivity index (χ0n) is 17.9. The molecule has 0 spiro atoms. The second kappa shape index (κ2) is 10.7. The van der Waals surface area contributed by atoms with Gasteiger partial charge in [-0.25, -0.2) is 9.97 Å². The van der Waals surface area contributed by atoms with E-state index in [1.54, 1.807) is 12.4 Å². The summed E-state index contributed by atoms with van der Waals surface area (Å²) >= 11 is 0. The van der Waals surface area contributed by atoms with Crippen molar-refractivity contribution in [3.8, 4) is 0 Å². The lowest BCUT2D eigenvalue weighted by Gasteiger charge is -2.16. The van der Waals surface area contributed by atoms with Crippen LogP contribution in [0.4, 0.5) is 5.69 Å². The molecule has 2 aliphatic rings. The summed E-state index contributed by atoms with van der Waals surface area (Å²) in [5, 5.41) is 2.80. The Bertz CT molecular complexity index is 567. The van der Waals surface area contributed by atoms with Crippen LogP contribution in [-0.2, 0) is 19.0 Å². The van der Waals surface area contributed by atoms with Crippen molar-refractivity contribution in [2.75, 3.05) is 11.9 Å². The zero-order valence-corrected chi connectivity index (χ0v) is 17.9. The Labute approximate surface area is 163 Å². The van der Waals surface area contributed by atoms with Crippen molar-refractivity contribution >= 4 is 11.6 Å². The number of hydrogen-bond acceptors (Lipinski definition) is 6. The standard InChI is InChI=1S/C16H23N3O4.2C2H6/c1-9-5-12(22-10(9)2)15(20)19-11-6-17-14(18-7-11)13-8-21-16(3,4)23-13;2*1-2/h6-7,9-10,12-13H,5,8H2,1-4H3,(H,19,20);2*1-2H3/t9-,10+,12+,13?;;/m0../s1. The molecule has 0 aliphatic carbocycles. The largest absolute Gasteiger partial charge is 0.365 e. The Hall–Kier alpha value is -1.57. The van der Waals surface area contributed by atoms with Crippen LogP contribution in [0, 0.1) is 5.92 Å². The number of aromatic nitrogens is 2. The summed E-state index contributed by atoms with van der Waals surface area (Å²) in [5.74, 6) is 0.160. The van der Waals surface area contributed by atoms with Gasteiger partial charge in [0.1, 0.15) is 12.2 Å². The van der Waals surface area contributed by atoms with Crippen molar-refractivity contribution in [3.05, 3.63) is 18.2 Å². The van der Waals surface area contributed by atoms with Gasteiger partial charge in [-0.15, -0.1) is 0 Å². The third-order valence-electron chi connectivity index (χ3n) is 4.29. The van der Waals surface area contributed by atoms with Gasteiger partial charge in [0.2, 0.25) is 0 Å². The number of nitrogens with zero attached hydrogens (tertiary/aromatic N) is 2. The van der Waals surface area contributed by atoms with E-state index in [1.165, 1.54) is 0 Å². The molecule has 4 atom stereocenters. The van der Waals surface area contributed by atoms with E-state index in [9.17, 15) is 4.79 Å². The Morgan fingerprint density at radius 2 is 1.74 bits per heavy atom. The van der Waals surface area contributed by atoms with Gasteiger partial charge < -0.3 is 19.5 Å². The molecule has 2 fully saturated rings. The first-order chi connectivity index (χ1) is 12.8. The van der Waals surface area contributed by atoms with Crippen molar-refractivity contribution in [3.63, 3.8) is 0 Å². The van der Waals surface area contributed by atoms with Crippen LogP contribution in [0.3, 0.4) is 0 Å². The molecule has 3 rings (SSSR count). The molecule has 27 heavy (non-hydrogen) atoms. The third kappa shape index (κ3) is 6.52. The number of anilines is 1. The van der Waals surface area contributed by atoms with E-state index in [0.29, 0.717) is 24.0 Å². The SMILES string of the molecule is CC.CC.C[C@H]1C[C@H](C(=O)Nc2cnc(C3COC(C)(C)O3)nc2)O[C@@H]1C. The van der Waals surface area contributed by atoms with E-state index in [4.69, 9.17) is 14.2 Å². The summed E-state index contributed by atoms with van der Waals surface area (Å²) in [6.45, 7) is 16.2. The fraction of sp³-hybridized carbons (Fsp3) is 0.750. The molecule has 7 nitrogen and oxygen atoms in total. The minimum atomic E-state index is -0.617. The first-order valence-corrected chi connectivity index (χ1v) is 9.94. The molecule has 3 heterocycles. The molecule has 2 aliphatic heterocycles. The summed E-state index contributed by atoms with van der Waals surface area (Å²) in [7, 11) is 0. The van der Waals surface area contributed by atoms with Crippen molar-refractivity contribution in [1.82, 2.24) is 9.97 Å². The fourth-order valence-corrected chi connectivity index (χ4v) is 2.75. The van der Waals surface area contributed by atoms with Gasteiger partial charge in [0.15, 0.2) is 11.6 Å². The van der Waals surface area contributed by atoms with Crippen LogP contribution in [0.25, 0.3) is 0 Å². The second-order valence-electron chi connectivity index (χ2n) is 6.68. The third-order valence-corrected chi connectivity index (χ3v) is 4.29. The van der Waals surface area contributed by atoms with Crippen LogP contribution in [0.15, 0.2) is 12.4 Å². The maximum atomic E-state index is 12.2. The average Bonchev–Trinajstić information content (AvgIpc) is 3.21. The molecule has 1 unspecified atom stereocenters. The first-order valence-electron chi connectivity index (χ1n) is 9.94. The summed E-state index contributed by atoms with van der Waals surface area (Å²) < 4.78 is 16.9. The molecule has 154 valence electrons. The summed E-state index contributed by atoms with van der Waals surface area (Å²) in [6, 6.07) is 0. The number of nitrogens with one attached hydrogen (secondary N) is 1. The van der Waals surface area contributed by atoms with E-state index in [2.05, 4.69) is 22.2 Å². The maximum Gasteiger partial charge on any atom is 0.253 e. The predicted octanol–water partition coefficient (Wildman–Crippen LogP) is 4.11. The Kier molecular flexibility index (Phi) is 9.29. The number of carbonyl (C=O) groups is 1. The van der Waals surface area contributed by atoms with Gasteiger partial charge in [-0.2, -0.15) is 0 Å². The number of hydrogen-bond donors (Lipinski definition) is 1. The van der Waals surface area contributed by atoms with Crippen molar-refractivity contribution in [2.45, 2.75) is 85.9 Å². The lowest BCUT2D eigenvalue weighted by molar-refractivity contribution is -0.140. The lowest BCUT2D eigenvalue weighted by atomic mass is 10.0. The Morgan fingerprint density at radius 3 is 2.19 bits per heavy atom. The normalized spacial score (nSPS) is 28.4. The van der Waals surface area contributed by atoms with Gasteiger partial charge >= 0.3 is 0 Å². The predicted molar refractivity (Wildman–Crippen MR) is 105 cm³/mol. The van der Waals surface area contributed by atoms with Crippen LogP contribution in [0.2, 0.25) is 0 Å². The molecule has 1 aromatic heterocycles. The fourth-order valence-electron chi connectivity index (χ4n) is 2.75. The van der Waals surface area contributed by atoms with E-state index in [0.717, 1.165) is 6.42 Å². The lowest BCUT2D eigenvalue weighted by Crippen LogP contribution is -2.28. The van der Waals surface area contributed by atoms with Crippen LogP contribution < -0.4 is 5.32 Å². The summed E-state index contributed by atoms with van der Waals surface area (Å²) in [4.78, 5) is 20.7. The van der Waals surface area contributed by atoms with Gasteiger partial charge in [0.25, 0.3) is 5.91 Å². The number of ether oxygens (including phenoxy) is 3. The topological polar surface area (TPSA) is 82.6 Å². The molecule has 2 saturated heterocycles. The molecule has 1 aromatic rings. The minimum absolute atomic E-state index is 0.104. The van der Waals surface area contributed by atoms with Gasteiger partial charge in [-0.05, 0) is 33.1 Å². The first kappa shape index (κ1) is 23.5. The molecule has 0 radical (unpaired) electrons. The van der Waals surface area contributed by atoms with Crippen molar-refractivity contribution < 1.29 is 19.0 Å². The summed E-state index contributed by atoms with van der Waals surface area (Å²) in [5.41, 5.74) is 0.549. The minimum Gasteiger partial charge on any atom is -0.365 e. The highest BCUT2D eigenvalue weighted by Crippen LogP contribution is 2.31. The van der Waals surface area contributed by atoms with E-state index < -0.39 is 11.9 Å². The molecule has 1 amide bonds. The van der Waals surface area contributed by atoms with Crippen LogP contribution in [0.5, 0.6) is 0 Å². The van der Waals surface area contributed by atoms with Crippen LogP contribution in [0.1, 0.15) is 73.7 Å². The van der Waals surface area contributed by atoms with Crippen molar-refractivity contribution in [2.24, 2.45) is 5.92 Å². The molecule has 1 N–H and O–H groups in total. The second-order valence-corrected chi connectivity index (χ2v) is 6.68. The molecule has 0 aromatic carbocycles. The highest BCUT2D eigenvalue weighted by atomic mass is 16.7. The quantitative estimate of drug-likeness (QED) is 0.848. The number of amides is 1. The smallest absolute Gasteiger partial charge is 0.253 e. The van der Waals surface area contributed by atoms with Gasteiger partial charge in [0, 0.05) is 0 Å². The van der Waals surface area contributed by atoms with Gasteiger partial charge in [-0.3, -0.25) is 4.79 Å². The Balaban J connectivity index is 0.000000855. The maximum absolute atomic E-state index is 12.2. The van der Waals surface area contributed by atoms with E-state index >= 15 is 0 Å². The number of rotatable bonds is 3. The van der Waals surface area contributed by atoms with E-state index in [1.807, 2.05) is 48.5 Å². The van der Waals surface area contributed by atoms with Gasteiger partial charge in [0.05, 0.1) is 30.8 Å². The van der Waals surface area contributed by atoms with Crippen LogP contribution in [-0.4, -0.2) is 40.5 Å². The molecular formula is C20H35N3O4. The number of carbonyl (C=O) groups excluding carboxylic acids is 1. The van der Waals surface area contributed by atoms with E-state index in [-0.39, 0.29) is 18.1 Å². The molecular weight excluding hydrogens is 346 g/mol. The van der Waals surface area contributed by atoms with Gasteiger partial charge in [-0.1, -0.05) is 34.6 Å². The Morgan fingerprint density at radius 1 is 1.15 bits per heavy atom. The molecule has 0 saturated carbocycles. The molecule has 0 bridgehead atoms.